The first kappa shape index (κ1) is 16.4. The lowest BCUT2D eigenvalue weighted by atomic mass is 10.0. The normalized spacial score (nSPS) is 13.2. The Balaban J connectivity index is 3.23. The molecule has 0 bridgehead atoms. The summed E-state index contributed by atoms with van der Waals surface area (Å²) in [5, 5.41) is -0.312. The van der Waals surface area contributed by atoms with E-state index in [0.29, 0.717) is 0 Å². The Bertz CT molecular complexity index is 497. The number of carbonyl (C=O) groups is 1. The van der Waals surface area contributed by atoms with E-state index in [1.807, 2.05) is 0 Å². The van der Waals surface area contributed by atoms with E-state index < -0.39 is 17.9 Å². The number of benzene rings is 1. The van der Waals surface area contributed by atoms with Crippen LogP contribution in [0, 0.1) is 0 Å². The highest BCUT2D eigenvalue weighted by molar-refractivity contribution is 6.44. The standard InChI is InChI=1S/C11H10Cl3F2NO2/c1-2-19-10(18)11(15,16)9(17)7-5(12)3-4-6(13)8(7)14/h3-4,9H,2,17H2,1H3/t9-/m0/s1. The Labute approximate surface area is 123 Å². The molecule has 0 saturated carbocycles. The minimum atomic E-state index is -3.96. The average molecular weight is 333 g/mol. The van der Waals surface area contributed by atoms with E-state index in [1.54, 1.807) is 0 Å². The van der Waals surface area contributed by atoms with Gasteiger partial charge < -0.3 is 10.5 Å². The van der Waals surface area contributed by atoms with Gasteiger partial charge in [-0.05, 0) is 19.1 Å². The van der Waals surface area contributed by atoms with Crippen LogP contribution in [0.25, 0.3) is 0 Å². The van der Waals surface area contributed by atoms with Crippen molar-refractivity contribution in [3.63, 3.8) is 0 Å². The fourth-order valence-electron chi connectivity index (χ4n) is 1.36. The van der Waals surface area contributed by atoms with Crippen molar-refractivity contribution in [2.45, 2.75) is 18.9 Å². The lowest BCUT2D eigenvalue weighted by Crippen LogP contribution is -2.42. The van der Waals surface area contributed by atoms with Crippen molar-refractivity contribution in [3.05, 3.63) is 32.8 Å². The van der Waals surface area contributed by atoms with Crippen molar-refractivity contribution in [2.75, 3.05) is 6.61 Å². The van der Waals surface area contributed by atoms with Crippen LogP contribution in [0.3, 0.4) is 0 Å². The Kier molecular flexibility index (Phi) is 5.38. The molecule has 106 valence electrons. The molecular weight excluding hydrogens is 322 g/mol. The molecule has 0 unspecified atom stereocenters. The summed E-state index contributed by atoms with van der Waals surface area (Å²) in [5.41, 5.74) is 5.10. The first-order valence-electron chi connectivity index (χ1n) is 5.17. The van der Waals surface area contributed by atoms with Crippen LogP contribution >= 0.6 is 34.8 Å². The molecule has 1 aromatic rings. The number of halogens is 5. The van der Waals surface area contributed by atoms with E-state index in [-0.39, 0.29) is 27.2 Å². The van der Waals surface area contributed by atoms with E-state index in [2.05, 4.69) is 4.74 Å². The number of alkyl halides is 2. The zero-order valence-corrected chi connectivity index (χ0v) is 12.0. The quantitative estimate of drug-likeness (QED) is 0.673. The minimum Gasteiger partial charge on any atom is -0.462 e. The van der Waals surface area contributed by atoms with Gasteiger partial charge in [0.25, 0.3) is 0 Å². The first-order valence-corrected chi connectivity index (χ1v) is 6.30. The van der Waals surface area contributed by atoms with Gasteiger partial charge in [-0.1, -0.05) is 34.8 Å². The van der Waals surface area contributed by atoms with Crippen molar-refractivity contribution >= 4 is 40.8 Å². The SMILES string of the molecule is CCOC(=O)C(F)(F)[C@@H](N)c1c(Cl)ccc(Cl)c1Cl. The molecule has 0 aliphatic heterocycles. The molecule has 0 aliphatic carbocycles. The summed E-state index contributed by atoms with van der Waals surface area (Å²) in [5.74, 6) is -5.71. The molecule has 2 N–H and O–H groups in total. The molecule has 1 atom stereocenters. The van der Waals surface area contributed by atoms with Crippen LogP contribution in [0.1, 0.15) is 18.5 Å². The van der Waals surface area contributed by atoms with Crippen LogP contribution < -0.4 is 5.73 Å². The second-order valence-corrected chi connectivity index (χ2v) is 4.77. The molecule has 1 aromatic carbocycles. The Morgan fingerprint density at radius 1 is 1.37 bits per heavy atom. The van der Waals surface area contributed by atoms with E-state index in [4.69, 9.17) is 40.5 Å². The number of nitrogens with two attached hydrogens (primary N) is 1. The van der Waals surface area contributed by atoms with Crippen LogP contribution in [-0.4, -0.2) is 18.5 Å². The van der Waals surface area contributed by atoms with Crippen molar-refractivity contribution in [2.24, 2.45) is 5.73 Å². The topological polar surface area (TPSA) is 52.3 Å². The van der Waals surface area contributed by atoms with Crippen LogP contribution in [-0.2, 0) is 9.53 Å². The maximum atomic E-state index is 13.8. The summed E-state index contributed by atoms with van der Waals surface area (Å²) in [6, 6.07) is 0.558. The number of hydrogen-bond donors (Lipinski definition) is 1. The van der Waals surface area contributed by atoms with Gasteiger partial charge in [0.05, 0.1) is 16.7 Å². The van der Waals surface area contributed by atoms with Crippen molar-refractivity contribution in [1.82, 2.24) is 0 Å². The summed E-state index contributed by atoms with van der Waals surface area (Å²) < 4.78 is 31.9. The maximum absolute atomic E-state index is 13.8. The van der Waals surface area contributed by atoms with Crippen molar-refractivity contribution in [3.8, 4) is 0 Å². The van der Waals surface area contributed by atoms with Crippen molar-refractivity contribution in [1.29, 1.82) is 0 Å². The Morgan fingerprint density at radius 3 is 2.42 bits per heavy atom. The second kappa shape index (κ2) is 6.22. The highest BCUT2D eigenvalue weighted by Crippen LogP contribution is 2.40. The van der Waals surface area contributed by atoms with Gasteiger partial charge in [-0.25, -0.2) is 4.79 Å². The average Bonchev–Trinajstić information content (AvgIpc) is 2.34. The molecular formula is C11H10Cl3F2NO2. The Morgan fingerprint density at radius 2 is 1.89 bits per heavy atom. The molecule has 1 rings (SSSR count). The third-order valence-corrected chi connectivity index (χ3v) is 3.48. The number of esters is 1. The van der Waals surface area contributed by atoms with Gasteiger partial charge in [0, 0.05) is 10.6 Å². The van der Waals surface area contributed by atoms with Crippen LogP contribution in [0.15, 0.2) is 12.1 Å². The number of ether oxygens (including phenoxy) is 1. The molecule has 0 fully saturated rings. The summed E-state index contributed by atoms with van der Waals surface area (Å²) in [6.07, 6.45) is 0. The third-order valence-electron chi connectivity index (χ3n) is 2.33. The molecule has 0 radical (unpaired) electrons. The zero-order chi connectivity index (χ0) is 14.8. The summed E-state index contributed by atoms with van der Waals surface area (Å²) in [7, 11) is 0. The van der Waals surface area contributed by atoms with Crippen molar-refractivity contribution < 1.29 is 18.3 Å². The molecule has 19 heavy (non-hydrogen) atoms. The predicted octanol–water partition coefficient (Wildman–Crippen LogP) is 3.85. The maximum Gasteiger partial charge on any atom is 0.379 e. The lowest BCUT2D eigenvalue weighted by Gasteiger charge is -2.23. The fraction of sp³-hybridized carbons (Fsp3) is 0.364. The largest absolute Gasteiger partial charge is 0.462 e. The monoisotopic (exact) mass is 331 g/mol. The van der Waals surface area contributed by atoms with Gasteiger partial charge in [-0.3, -0.25) is 0 Å². The van der Waals surface area contributed by atoms with E-state index >= 15 is 0 Å². The number of hydrogen-bond acceptors (Lipinski definition) is 3. The van der Waals surface area contributed by atoms with E-state index in [9.17, 15) is 13.6 Å². The molecule has 0 saturated heterocycles. The van der Waals surface area contributed by atoms with Crippen LogP contribution in [0.5, 0.6) is 0 Å². The lowest BCUT2D eigenvalue weighted by molar-refractivity contribution is -0.174. The first-order chi connectivity index (χ1) is 8.73. The van der Waals surface area contributed by atoms with Gasteiger partial charge >= 0.3 is 11.9 Å². The molecule has 0 amide bonds. The van der Waals surface area contributed by atoms with E-state index in [1.165, 1.54) is 19.1 Å². The summed E-state index contributed by atoms with van der Waals surface area (Å²) in [4.78, 5) is 11.2. The zero-order valence-electron chi connectivity index (χ0n) is 9.72. The Hall–Kier alpha value is -0.620. The van der Waals surface area contributed by atoms with Crippen LogP contribution in [0.2, 0.25) is 15.1 Å². The predicted molar refractivity (Wildman–Crippen MR) is 70.0 cm³/mol. The summed E-state index contributed by atoms with van der Waals surface area (Å²) in [6.45, 7) is 1.21. The van der Waals surface area contributed by atoms with Gasteiger partial charge in [0.1, 0.15) is 6.04 Å². The van der Waals surface area contributed by atoms with Gasteiger partial charge in [-0.2, -0.15) is 8.78 Å². The molecule has 3 nitrogen and oxygen atoms in total. The van der Waals surface area contributed by atoms with E-state index in [0.717, 1.165) is 0 Å². The van der Waals surface area contributed by atoms with Crippen LogP contribution in [0.4, 0.5) is 8.78 Å². The highest BCUT2D eigenvalue weighted by Gasteiger charge is 2.49. The van der Waals surface area contributed by atoms with Gasteiger partial charge in [0.15, 0.2) is 0 Å². The molecule has 8 heteroatoms. The molecule has 0 aliphatic rings. The van der Waals surface area contributed by atoms with Gasteiger partial charge in [-0.15, -0.1) is 0 Å². The molecule has 0 aromatic heterocycles. The third kappa shape index (κ3) is 3.28. The molecule has 0 spiro atoms. The second-order valence-electron chi connectivity index (χ2n) is 3.58. The smallest absolute Gasteiger partial charge is 0.379 e. The highest BCUT2D eigenvalue weighted by atomic mass is 35.5. The fourth-order valence-corrected chi connectivity index (χ4v) is 2.13. The van der Waals surface area contributed by atoms with Gasteiger partial charge in [0.2, 0.25) is 0 Å². The summed E-state index contributed by atoms with van der Waals surface area (Å²) >= 11 is 17.3. The number of carbonyl (C=O) groups excluding carboxylic acids is 1. The minimum absolute atomic E-state index is 0.0103. The number of rotatable bonds is 4. The molecule has 0 heterocycles.